The molecule has 0 N–H and O–H groups in total. The van der Waals surface area contributed by atoms with Crippen LogP contribution in [0.1, 0.15) is 5.89 Å². The number of likely N-dealkylation sites (N-methyl/N-ethyl adjacent to an activating group) is 1. The second kappa shape index (κ2) is 7.50. The average molecular weight is 334 g/mol. The Balaban J connectivity index is 1.55. The van der Waals surface area contributed by atoms with Crippen LogP contribution in [0.25, 0.3) is 11.4 Å². The van der Waals surface area contributed by atoms with E-state index in [1.165, 1.54) is 12.1 Å². The lowest BCUT2D eigenvalue weighted by Gasteiger charge is -2.28. The van der Waals surface area contributed by atoms with Crippen LogP contribution in [0.15, 0.2) is 28.8 Å². The van der Waals surface area contributed by atoms with Crippen molar-refractivity contribution in [2.24, 2.45) is 0 Å². The van der Waals surface area contributed by atoms with Crippen LogP contribution in [0.4, 0.5) is 4.39 Å². The molecule has 1 aliphatic rings. The van der Waals surface area contributed by atoms with Crippen LogP contribution in [0.5, 0.6) is 0 Å². The van der Waals surface area contributed by atoms with Gasteiger partial charge in [-0.3, -0.25) is 9.69 Å². The molecule has 8 heteroatoms. The minimum atomic E-state index is -0.316. The predicted octanol–water partition coefficient (Wildman–Crippen LogP) is 1.17. The van der Waals surface area contributed by atoms with Gasteiger partial charge in [0.05, 0.1) is 26.3 Å². The molecule has 7 nitrogen and oxygen atoms in total. The molecule has 0 unspecified atom stereocenters. The Labute approximate surface area is 139 Å². The number of rotatable bonds is 5. The lowest BCUT2D eigenvalue weighted by atomic mass is 10.2. The second-order valence-corrected chi connectivity index (χ2v) is 5.68. The first kappa shape index (κ1) is 16.5. The summed E-state index contributed by atoms with van der Waals surface area (Å²) in [5.74, 6) is 0.549. The van der Waals surface area contributed by atoms with Crippen molar-refractivity contribution in [3.8, 4) is 11.4 Å². The summed E-state index contributed by atoms with van der Waals surface area (Å²) in [5.41, 5.74) is 0.679. The van der Waals surface area contributed by atoms with Crippen LogP contribution in [0.2, 0.25) is 0 Å². The fourth-order valence-corrected chi connectivity index (χ4v) is 2.47. The van der Waals surface area contributed by atoms with E-state index in [2.05, 4.69) is 10.1 Å². The standard InChI is InChI=1S/C16H19FN4O3/c1-20(11-15(22)21-6-8-23-9-7-21)10-14-18-16(19-24-14)12-2-4-13(17)5-3-12/h2-5H,6-11H2,1H3. The van der Waals surface area contributed by atoms with Crippen LogP contribution < -0.4 is 0 Å². The summed E-state index contributed by atoms with van der Waals surface area (Å²) in [5, 5.41) is 3.89. The number of nitrogens with zero attached hydrogens (tertiary/aromatic N) is 4. The largest absolute Gasteiger partial charge is 0.378 e. The molecule has 0 atom stereocenters. The van der Waals surface area contributed by atoms with E-state index in [0.717, 1.165) is 0 Å². The minimum absolute atomic E-state index is 0.0547. The molecule has 0 spiro atoms. The Bertz CT molecular complexity index is 683. The van der Waals surface area contributed by atoms with Gasteiger partial charge in [0.25, 0.3) is 0 Å². The minimum Gasteiger partial charge on any atom is -0.378 e. The summed E-state index contributed by atoms with van der Waals surface area (Å²) in [7, 11) is 1.82. The molecule has 2 heterocycles. The van der Waals surface area contributed by atoms with Gasteiger partial charge < -0.3 is 14.2 Å². The first-order valence-corrected chi connectivity index (χ1v) is 7.74. The lowest BCUT2D eigenvalue weighted by molar-refractivity contribution is -0.136. The number of ether oxygens (including phenoxy) is 1. The first-order chi connectivity index (χ1) is 11.6. The van der Waals surface area contributed by atoms with E-state index in [9.17, 15) is 9.18 Å². The van der Waals surface area contributed by atoms with Gasteiger partial charge in [-0.1, -0.05) is 5.16 Å². The molecule has 0 aliphatic carbocycles. The Morgan fingerprint density at radius 1 is 1.29 bits per heavy atom. The van der Waals surface area contributed by atoms with Crippen LogP contribution in [-0.2, 0) is 16.1 Å². The van der Waals surface area contributed by atoms with Crippen molar-refractivity contribution >= 4 is 5.91 Å². The third kappa shape index (κ3) is 4.15. The van der Waals surface area contributed by atoms with E-state index >= 15 is 0 Å². The maximum Gasteiger partial charge on any atom is 0.241 e. The van der Waals surface area contributed by atoms with Crippen molar-refractivity contribution in [1.29, 1.82) is 0 Å². The Morgan fingerprint density at radius 3 is 2.71 bits per heavy atom. The van der Waals surface area contributed by atoms with E-state index in [4.69, 9.17) is 9.26 Å². The third-order valence-electron chi connectivity index (χ3n) is 3.74. The summed E-state index contributed by atoms with van der Waals surface area (Å²) in [4.78, 5) is 20.1. The number of hydrogen-bond acceptors (Lipinski definition) is 6. The number of benzene rings is 1. The van der Waals surface area contributed by atoms with Crippen LogP contribution in [-0.4, -0.2) is 65.7 Å². The number of hydrogen-bond donors (Lipinski definition) is 0. The summed E-state index contributed by atoms with van der Waals surface area (Å²) in [6, 6.07) is 5.88. The van der Waals surface area contributed by atoms with E-state index in [-0.39, 0.29) is 18.3 Å². The van der Waals surface area contributed by atoms with Gasteiger partial charge in [-0.25, -0.2) is 4.39 Å². The summed E-state index contributed by atoms with van der Waals surface area (Å²) < 4.78 is 23.4. The topological polar surface area (TPSA) is 71.7 Å². The van der Waals surface area contributed by atoms with E-state index in [1.807, 2.05) is 11.9 Å². The number of carbonyl (C=O) groups excluding carboxylic acids is 1. The van der Waals surface area contributed by atoms with Gasteiger partial charge in [0.2, 0.25) is 17.6 Å². The fourth-order valence-electron chi connectivity index (χ4n) is 2.47. The molecule has 3 rings (SSSR count). The molecule has 2 aromatic rings. The van der Waals surface area contributed by atoms with Crippen LogP contribution in [0.3, 0.4) is 0 Å². The number of halogens is 1. The summed E-state index contributed by atoms with van der Waals surface area (Å²) in [6.45, 7) is 3.06. The Morgan fingerprint density at radius 2 is 2.00 bits per heavy atom. The number of morpholine rings is 1. The highest BCUT2D eigenvalue weighted by molar-refractivity contribution is 5.78. The molecule has 1 fully saturated rings. The summed E-state index contributed by atoms with van der Waals surface area (Å²) in [6.07, 6.45) is 0. The van der Waals surface area contributed by atoms with Gasteiger partial charge in [0, 0.05) is 18.7 Å². The first-order valence-electron chi connectivity index (χ1n) is 7.74. The maximum atomic E-state index is 12.9. The molecule has 24 heavy (non-hydrogen) atoms. The smallest absolute Gasteiger partial charge is 0.241 e. The van der Waals surface area contributed by atoms with Crippen molar-refractivity contribution in [3.63, 3.8) is 0 Å². The molecule has 0 radical (unpaired) electrons. The van der Waals surface area contributed by atoms with Gasteiger partial charge in [-0.15, -0.1) is 0 Å². The highest BCUT2D eigenvalue weighted by atomic mass is 19.1. The third-order valence-corrected chi connectivity index (χ3v) is 3.74. The van der Waals surface area contributed by atoms with Gasteiger partial charge in [0.1, 0.15) is 5.82 Å². The molecule has 1 amide bonds. The van der Waals surface area contributed by atoms with Crippen molar-refractivity contribution in [1.82, 2.24) is 19.9 Å². The van der Waals surface area contributed by atoms with E-state index < -0.39 is 0 Å². The molecular formula is C16H19FN4O3. The Kier molecular flexibility index (Phi) is 5.17. The fraction of sp³-hybridized carbons (Fsp3) is 0.438. The second-order valence-electron chi connectivity index (χ2n) is 5.68. The van der Waals surface area contributed by atoms with Crippen molar-refractivity contribution in [3.05, 3.63) is 36.0 Å². The molecule has 1 saturated heterocycles. The zero-order valence-electron chi connectivity index (χ0n) is 13.4. The zero-order chi connectivity index (χ0) is 16.9. The SMILES string of the molecule is CN(CC(=O)N1CCOCC1)Cc1nc(-c2ccc(F)cc2)no1. The predicted molar refractivity (Wildman–Crippen MR) is 83.4 cm³/mol. The van der Waals surface area contributed by atoms with Crippen molar-refractivity contribution in [2.75, 3.05) is 39.9 Å². The number of amides is 1. The number of carbonyl (C=O) groups is 1. The average Bonchev–Trinajstić information content (AvgIpc) is 3.04. The van der Waals surface area contributed by atoms with Gasteiger partial charge >= 0.3 is 0 Å². The zero-order valence-corrected chi connectivity index (χ0v) is 13.4. The van der Waals surface area contributed by atoms with Crippen molar-refractivity contribution < 1.29 is 18.4 Å². The van der Waals surface area contributed by atoms with Gasteiger partial charge in [-0.2, -0.15) is 4.98 Å². The van der Waals surface area contributed by atoms with Crippen molar-refractivity contribution in [2.45, 2.75) is 6.54 Å². The highest BCUT2D eigenvalue weighted by Gasteiger charge is 2.19. The number of aromatic nitrogens is 2. The quantitative estimate of drug-likeness (QED) is 0.817. The van der Waals surface area contributed by atoms with E-state index in [0.29, 0.717) is 50.1 Å². The molecular weight excluding hydrogens is 315 g/mol. The molecule has 1 aromatic heterocycles. The molecule has 1 aromatic carbocycles. The van der Waals surface area contributed by atoms with Crippen LogP contribution >= 0.6 is 0 Å². The monoisotopic (exact) mass is 334 g/mol. The van der Waals surface area contributed by atoms with Crippen LogP contribution in [0, 0.1) is 5.82 Å². The molecule has 0 bridgehead atoms. The lowest BCUT2D eigenvalue weighted by Crippen LogP contribution is -2.44. The highest BCUT2D eigenvalue weighted by Crippen LogP contribution is 2.16. The molecule has 0 saturated carbocycles. The molecule has 1 aliphatic heterocycles. The Hall–Kier alpha value is -2.32. The van der Waals surface area contributed by atoms with Gasteiger partial charge in [0.15, 0.2) is 0 Å². The summed E-state index contributed by atoms with van der Waals surface area (Å²) >= 11 is 0. The van der Waals surface area contributed by atoms with Gasteiger partial charge in [-0.05, 0) is 31.3 Å². The van der Waals surface area contributed by atoms with E-state index in [1.54, 1.807) is 17.0 Å². The maximum absolute atomic E-state index is 12.9. The molecule has 128 valence electrons. The normalized spacial score (nSPS) is 15.0.